The summed E-state index contributed by atoms with van der Waals surface area (Å²) in [6, 6.07) is 14.0. The molecule has 2 N–H and O–H groups in total. The monoisotopic (exact) mass is 395 g/mol. The first kappa shape index (κ1) is 20.6. The number of carbonyl (C=O) groups excluding carboxylic acids is 1. The zero-order valence-corrected chi connectivity index (χ0v) is 17.1. The van der Waals surface area contributed by atoms with Gasteiger partial charge in [-0.2, -0.15) is 0 Å². The van der Waals surface area contributed by atoms with Gasteiger partial charge in [-0.25, -0.2) is 0 Å². The van der Waals surface area contributed by atoms with Crippen LogP contribution in [0, 0.1) is 0 Å². The van der Waals surface area contributed by atoms with Crippen molar-refractivity contribution < 1.29 is 9.53 Å². The van der Waals surface area contributed by atoms with Crippen molar-refractivity contribution in [2.45, 2.75) is 39.0 Å². The van der Waals surface area contributed by atoms with Crippen LogP contribution in [-0.4, -0.2) is 47.9 Å². The Morgan fingerprint density at radius 2 is 2.21 bits per heavy atom. The van der Waals surface area contributed by atoms with Crippen LogP contribution < -0.4 is 15.4 Å². The lowest BCUT2D eigenvalue weighted by Gasteiger charge is -2.19. The summed E-state index contributed by atoms with van der Waals surface area (Å²) >= 11 is 0. The maximum absolute atomic E-state index is 11.8. The van der Waals surface area contributed by atoms with Gasteiger partial charge >= 0.3 is 0 Å². The van der Waals surface area contributed by atoms with Gasteiger partial charge in [0.15, 0.2) is 5.96 Å². The van der Waals surface area contributed by atoms with Crippen molar-refractivity contribution in [1.29, 1.82) is 0 Å². The minimum Gasteiger partial charge on any atom is -0.487 e. The SMILES string of the molecule is CCC(=O)N1CCC(NC(=NC)NCc2cccc(OCc3ccccn3)c2)C1. The second-order valence-electron chi connectivity index (χ2n) is 7.01. The molecule has 2 heterocycles. The number of hydrogen-bond acceptors (Lipinski definition) is 4. The zero-order chi connectivity index (χ0) is 20.5. The van der Waals surface area contributed by atoms with E-state index in [9.17, 15) is 4.79 Å². The minimum atomic E-state index is 0.208. The van der Waals surface area contributed by atoms with E-state index in [0.29, 0.717) is 19.6 Å². The Balaban J connectivity index is 1.48. The summed E-state index contributed by atoms with van der Waals surface area (Å²) in [4.78, 5) is 22.3. The van der Waals surface area contributed by atoms with Crippen molar-refractivity contribution in [1.82, 2.24) is 20.5 Å². The second kappa shape index (κ2) is 10.5. The molecule has 1 saturated heterocycles. The van der Waals surface area contributed by atoms with Crippen molar-refractivity contribution >= 4 is 11.9 Å². The molecule has 154 valence electrons. The molecule has 1 amide bonds. The lowest BCUT2D eigenvalue weighted by atomic mass is 10.2. The van der Waals surface area contributed by atoms with E-state index in [1.165, 1.54) is 0 Å². The summed E-state index contributed by atoms with van der Waals surface area (Å²) in [6.45, 7) is 4.50. The first-order chi connectivity index (χ1) is 14.2. The number of rotatable bonds is 7. The van der Waals surface area contributed by atoms with Gasteiger partial charge in [0, 0.05) is 45.3 Å². The molecule has 0 aliphatic carbocycles. The van der Waals surface area contributed by atoms with Crippen molar-refractivity contribution in [2.75, 3.05) is 20.1 Å². The zero-order valence-electron chi connectivity index (χ0n) is 17.1. The van der Waals surface area contributed by atoms with Gasteiger partial charge in [0.05, 0.1) is 5.69 Å². The Hall–Kier alpha value is -3.09. The number of pyridine rings is 1. The number of carbonyl (C=O) groups is 1. The highest BCUT2D eigenvalue weighted by molar-refractivity contribution is 5.80. The molecule has 3 rings (SSSR count). The number of nitrogens with one attached hydrogen (secondary N) is 2. The molecule has 0 radical (unpaired) electrons. The van der Waals surface area contributed by atoms with Crippen molar-refractivity contribution in [3.05, 3.63) is 59.9 Å². The summed E-state index contributed by atoms with van der Waals surface area (Å²) in [5.41, 5.74) is 1.99. The molecule has 1 unspecified atom stereocenters. The summed E-state index contributed by atoms with van der Waals surface area (Å²) in [6.07, 6.45) is 3.25. The van der Waals surface area contributed by atoms with Gasteiger partial charge in [0.1, 0.15) is 12.4 Å². The molecule has 0 spiro atoms. The number of ether oxygens (including phenoxy) is 1. The average Bonchev–Trinajstić information content (AvgIpc) is 3.24. The van der Waals surface area contributed by atoms with E-state index in [2.05, 4.69) is 20.6 Å². The number of hydrogen-bond donors (Lipinski definition) is 2. The van der Waals surface area contributed by atoms with Gasteiger partial charge in [0.25, 0.3) is 0 Å². The maximum Gasteiger partial charge on any atom is 0.222 e. The van der Waals surface area contributed by atoms with E-state index in [0.717, 1.165) is 42.5 Å². The quantitative estimate of drug-likeness (QED) is 0.556. The molecule has 0 saturated carbocycles. The fourth-order valence-corrected chi connectivity index (χ4v) is 3.29. The summed E-state index contributed by atoms with van der Waals surface area (Å²) < 4.78 is 5.84. The molecule has 29 heavy (non-hydrogen) atoms. The standard InChI is InChI=1S/C22H29N5O2/c1-3-21(28)27-12-10-18(15-27)26-22(23-2)25-14-17-7-6-9-20(13-17)29-16-19-8-4-5-11-24-19/h4-9,11,13,18H,3,10,12,14-16H2,1-2H3,(H2,23,25,26). The van der Waals surface area contributed by atoms with Gasteiger partial charge in [-0.3, -0.25) is 14.8 Å². The number of amides is 1. The predicted molar refractivity (Wildman–Crippen MR) is 114 cm³/mol. The molecule has 1 fully saturated rings. The number of guanidine groups is 1. The van der Waals surface area contributed by atoms with Crippen molar-refractivity contribution in [3.8, 4) is 5.75 Å². The molecule has 1 aromatic carbocycles. The summed E-state index contributed by atoms with van der Waals surface area (Å²) in [5.74, 6) is 1.75. The topological polar surface area (TPSA) is 78.9 Å². The smallest absolute Gasteiger partial charge is 0.222 e. The Labute approximate surface area is 172 Å². The van der Waals surface area contributed by atoms with E-state index in [-0.39, 0.29) is 11.9 Å². The van der Waals surface area contributed by atoms with E-state index < -0.39 is 0 Å². The van der Waals surface area contributed by atoms with Crippen LogP contribution in [0.25, 0.3) is 0 Å². The normalized spacial score (nSPS) is 16.6. The van der Waals surface area contributed by atoms with Crippen LogP contribution in [0.1, 0.15) is 31.0 Å². The Bertz CT molecular complexity index is 825. The van der Waals surface area contributed by atoms with Crippen LogP contribution in [0.15, 0.2) is 53.7 Å². The molecular formula is C22H29N5O2. The summed E-state index contributed by atoms with van der Waals surface area (Å²) in [7, 11) is 1.76. The maximum atomic E-state index is 11.8. The highest BCUT2D eigenvalue weighted by atomic mass is 16.5. The van der Waals surface area contributed by atoms with Crippen LogP contribution in [0.2, 0.25) is 0 Å². The molecule has 7 nitrogen and oxygen atoms in total. The Morgan fingerprint density at radius 1 is 1.31 bits per heavy atom. The summed E-state index contributed by atoms with van der Waals surface area (Å²) in [5, 5.41) is 6.75. The first-order valence-corrected chi connectivity index (χ1v) is 10.0. The van der Waals surface area contributed by atoms with Gasteiger partial charge in [-0.15, -0.1) is 0 Å². The Morgan fingerprint density at radius 3 is 2.97 bits per heavy atom. The lowest BCUT2D eigenvalue weighted by Crippen LogP contribution is -2.44. The third kappa shape index (κ3) is 6.20. The van der Waals surface area contributed by atoms with E-state index in [1.807, 2.05) is 54.3 Å². The number of aliphatic imine (C=N–C) groups is 1. The number of nitrogens with zero attached hydrogens (tertiary/aromatic N) is 3. The predicted octanol–water partition coefficient (Wildman–Crippen LogP) is 2.34. The van der Waals surface area contributed by atoms with Crippen LogP contribution >= 0.6 is 0 Å². The minimum absolute atomic E-state index is 0.208. The van der Waals surface area contributed by atoms with Gasteiger partial charge in [-0.05, 0) is 36.2 Å². The average molecular weight is 396 g/mol. The molecule has 1 atom stereocenters. The number of benzene rings is 1. The largest absolute Gasteiger partial charge is 0.487 e. The molecule has 1 aromatic heterocycles. The third-order valence-corrected chi connectivity index (χ3v) is 4.88. The number of aromatic nitrogens is 1. The molecule has 0 bridgehead atoms. The fourth-order valence-electron chi connectivity index (χ4n) is 3.29. The van der Waals surface area contributed by atoms with Crippen LogP contribution in [-0.2, 0) is 17.9 Å². The molecule has 2 aromatic rings. The number of likely N-dealkylation sites (tertiary alicyclic amines) is 1. The third-order valence-electron chi connectivity index (χ3n) is 4.88. The van der Waals surface area contributed by atoms with Gasteiger partial charge in [0.2, 0.25) is 5.91 Å². The van der Waals surface area contributed by atoms with E-state index in [4.69, 9.17) is 4.74 Å². The molecule has 1 aliphatic rings. The van der Waals surface area contributed by atoms with Crippen LogP contribution in [0.5, 0.6) is 5.75 Å². The molecule has 7 heteroatoms. The van der Waals surface area contributed by atoms with E-state index in [1.54, 1.807) is 13.2 Å². The van der Waals surface area contributed by atoms with E-state index >= 15 is 0 Å². The Kier molecular flexibility index (Phi) is 7.44. The van der Waals surface area contributed by atoms with Crippen molar-refractivity contribution in [3.63, 3.8) is 0 Å². The van der Waals surface area contributed by atoms with Gasteiger partial charge in [-0.1, -0.05) is 25.1 Å². The lowest BCUT2D eigenvalue weighted by molar-refractivity contribution is -0.129. The highest BCUT2D eigenvalue weighted by Crippen LogP contribution is 2.15. The molecule has 1 aliphatic heterocycles. The van der Waals surface area contributed by atoms with Gasteiger partial charge < -0.3 is 20.3 Å². The molecular weight excluding hydrogens is 366 g/mol. The highest BCUT2D eigenvalue weighted by Gasteiger charge is 2.25. The van der Waals surface area contributed by atoms with Crippen molar-refractivity contribution in [2.24, 2.45) is 4.99 Å². The fraction of sp³-hybridized carbons (Fsp3) is 0.409. The van der Waals surface area contributed by atoms with Crippen LogP contribution in [0.4, 0.5) is 0 Å². The second-order valence-corrected chi connectivity index (χ2v) is 7.01. The van der Waals surface area contributed by atoms with Crippen LogP contribution in [0.3, 0.4) is 0 Å². The first-order valence-electron chi connectivity index (χ1n) is 10.0.